The molecule has 146 valence electrons. The van der Waals surface area contributed by atoms with Crippen molar-refractivity contribution >= 4 is 23.0 Å². The fourth-order valence-corrected chi connectivity index (χ4v) is 3.49. The molecule has 1 fully saturated rings. The summed E-state index contributed by atoms with van der Waals surface area (Å²) < 4.78 is 6.90. The van der Waals surface area contributed by atoms with Crippen LogP contribution in [0.2, 0.25) is 5.02 Å². The third-order valence-corrected chi connectivity index (χ3v) is 5.14. The maximum atomic E-state index is 12.3. The van der Waals surface area contributed by atoms with Crippen molar-refractivity contribution < 1.29 is 4.74 Å². The van der Waals surface area contributed by atoms with E-state index in [1.165, 1.54) is 4.68 Å². The lowest BCUT2D eigenvalue weighted by atomic mass is 10.2. The van der Waals surface area contributed by atoms with Crippen molar-refractivity contribution in [3.63, 3.8) is 0 Å². The first-order valence-corrected chi connectivity index (χ1v) is 9.61. The molecule has 0 bridgehead atoms. The van der Waals surface area contributed by atoms with E-state index < -0.39 is 0 Å². The van der Waals surface area contributed by atoms with E-state index in [9.17, 15) is 4.79 Å². The van der Waals surface area contributed by atoms with Gasteiger partial charge in [0, 0.05) is 39.3 Å². The van der Waals surface area contributed by atoms with Crippen LogP contribution >= 0.6 is 11.6 Å². The van der Waals surface area contributed by atoms with Gasteiger partial charge in [0.2, 0.25) is 0 Å². The number of methoxy groups -OCH3 is 1. The average Bonchev–Trinajstić information content (AvgIpc) is 2.71. The second-order valence-electron chi connectivity index (χ2n) is 6.43. The molecule has 2 aromatic rings. The fourth-order valence-electron chi connectivity index (χ4n) is 3.28. The number of ether oxygens (including phenoxy) is 1. The molecule has 1 aliphatic heterocycles. The van der Waals surface area contributed by atoms with Crippen molar-refractivity contribution in [2.75, 3.05) is 56.6 Å². The molecule has 0 unspecified atom stereocenters. The zero-order chi connectivity index (χ0) is 19.2. The first-order valence-electron chi connectivity index (χ1n) is 9.23. The number of rotatable bonds is 7. The summed E-state index contributed by atoms with van der Waals surface area (Å²) in [5, 5.41) is 7.48. The minimum absolute atomic E-state index is 0.202. The van der Waals surface area contributed by atoms with Crippen LogP contribution in [0.15, 0.2) is 35.3 Å². The van der Waals surface area contributed by atoms with Gasteiger partial charge in [0.15, 0.2) is 0 Å². The van der Waals surface area contributed by atoms with E-state index in [1.807, 2.05) is 25.1 Å². The van der Waals surface area contributed by atoms with Gasteiger partial charge in [-0.05, 0) is 19.1 Å². The summed E-state index contributed by atoms with van der Waals surface area (Å²) in [6, 6.07) is 8.09. The number of para-hydroxylation sites is 2. The Morgan fingerprint density at radius 3 is 2.63 bits per heavy atom. The molecule has 8 heteroatoms. The topological polar surface area (TPSA) is 62.6 Å². The van der Waals surface area contributed by atoms with Crippen molar-refractivity contribution in [2.24, 2.45) is 0 Å². The fraction of sp³-hybridized carbons (Fsp3) is 0.474. The Morgan fingerprint density at radius 1 is 1.19 bits per heavy atom. The average molecular weight is 392 g/mol. The van der Waals surface area contributed by atoms with Crippen LogP contribution in [-0.4, -0.2) is 61.1 Å². The molecule has 7 nitrogen and oxygen atoms in total. The lowest BCUT2D eigenvalue weighted by molar-refractivity contribution is 0.242. The molecule has 27 heavy (non-hydrogen) atoms. The second-order valence-corrected chi connectivity index (χ2v) is 6.81. The maximum absolute atomic E-state index is 12.3. The van der Waals surface area contributed by atoms with Gasteiger partial charge < -0.3 is 15.0 Å². The SMILES string of the molecule is CCNc1cnn(CCN2CCN(c3ccccc3OC)CC2)c(=O)c1Cl. The number of aromatic nitrogens is 2. The molecule has 0 aliphatic carbocycles. The zero-order valence-electron chi connectivity index (χ0n) is 15.8. The van der Waals surface area contributed by atoms with Gasteiger partial charge in [-0.1, -0.05) is 23.7 Å². The number of anilines is 2. The van der Waals surface area contributed by atoms with E-state index >= 15 is 0 Å². The molecule has 0 amide bonds. The summed E-state index contributed by atoms with van der Waals surface area (Å²) in [7, 11) is 1.70. The molecular formula is C19H26ClN5O2. The van der Waals surface area contributed by atoms with Crippen molar-refractivity contribution in [3.8, 4) is 5.75 Å². The second kappa shape index (κ2) is 9.10. The van der Waals surface area contributed by atoms with Gasteiger partial charge in [0.1, 0.15) is 10.8 Å². The Labute approximate surface area is 164 Å². The Kier molecular flexibility index (Phi) is 6.58. The lowest BCUT2D eigenvalue weighted by Gasteiger charge is -2.36. The van der Waals surface area contributed by atoms with E-state index in [1.54, 1.807) is 13.3 Å². The van der Waals surface area contributed by atoms with Gasteiger partial charge in [-0.3, -0.25) is 9.69 Å². The van der Waals surface area contributed by atoms with Crippen LogP contribution < -0.4 is 20.5 Å². The van der Waals surface area contributed by atoms with E-state index in [2.05, 4.69) is 26.3 Å². The minimum atomic E-state index is -0.247. The van der Waals surface area contributed by atoms with Crippen LogP contribution in [0.5, 0.6) is 5.75 Å². The van der Waals surface area contributed by atoms with Crippen LogP contribution in [0, 0.1) is 0 Å². The third kappa shape index (κ3) is 4.54. The highest BCUT2D eigenvalue weighted by Gasteiger charge is 2.19. The van der Waals surface area contributed by atoms with Gasteiger partial charge in [0.25, 0.3) is 5.56 Å². The van der Waals surface area contributed by atoms with E-state index in [-0.39, 0.29) is 10.6 Å². The summed E-state index contributed by atoms with van der Waals surface area (Å²) >= 11 is 6.15. The summed E-state index contributed by atoms with van der Waals surface area (Å²) in [5.74, 6) is 0.900. The molecule has 0 saturated carbocycles. The number of benzene rings is 1. The van der Waals surface area contributed by atoms with Gasteiger partial charge >= 0.3 is 0 Å². The summed E-state index contributed by atoms with van der Waals surface area (Å²) in [6.07, 6.45) is 1.62. The minimum Gasteiger partial charge on any atom is -0.495 e. The first-order chi connectivity index (χ1) is 13.1. The van der Waals surface area contributed by atoms with E-state index in [0.717, 1.165) is 44.2 Å². The zero-order valence-corrected chi connectivity index (χ0v) is 16.6. The number of piperazine rings is 1. The Bertz CT molecular complexity index is 818. The highest BCUT2D eigenvalue weighted by Crippen LogP contribution is 2.28. The van der Waals surface area contributed by atoms with Crippen LogP contribution in [-0.2, 0) is 6.54 Å². The molecule has 0 spiro atoms. The van der Waals surface area contributed by atoms with Crippen LogP contribution in [0.3, 0.4) is 0 Å². The Hall–Kier alpha value is -2.25. The quantitative estimate of drug-likeness (QED) is 0.780. The predicted octanol–water partition coefficient (Wildman–Crippen LogP) is 2.16. The van der Waals surface area contributed by atoms with Gasteiger partial charge in [-0.2, -0.15) is 5.10 Å². The monoisotopic (exact) mass is 391 g/mol. The van der Waals surface area contributed by atoms with Crippen molar-refractivity contribution in [1.82, 2.24) is 14.7 Å². The third-order valence-electron chi connectivity index (χ3n) is 4.78. The van der Waals surface area contributed by atoms with Crippen molar-refractivity contribution in [3.05, 3.63) is 45.8 Å². The molecule has 1 aliphatic rings. The predicted molar refractivity (Wildman–Crippen MR) is 109 cm³/mol. The normalized spacial score (nSPS) is 15.0. The van der Waals surface area contributed by atoms with E-state index in [0.29, 0.717) is 18.8 Å². The molecule has 3 rings (SSSR count). The highest BCUT2D eigenvalue weighted by atomic mass is 35.5. The standard InChI is InChI=1S/C19H26ClN5O2/c1-3-21-15-14-22-25(19(26)18(15)20)13-10-23-8-11-24(12-9-23)16-6-4-5-7-17(16)27-2/h4-7,14,21H,3,8-13H2,1-2H3. The number of nitrogens with zero attached hydrogens (tertiary/aromatic N) is 4. The molecule has 2 heterocycles. The van der Waals surface area contributed by atoms with Crippen LogP contribution in [0.4, 0.5) is 11.4 Å². The number of hydrogen-bond acceptors (Lipinski definition) is 6. The van der Waals surface area contributed by atoms with Crippen molar-refractivity contribution in [2.45, 2.75) is 13.5 Å². The summed E-state index contributed by atoms with van der Waals surface area (Å²) in [4.78, 5) is 17.0. The Morgan fingerprint density at radius 2 is 1.93 bits per heavy atom. The molecule has 1 saturated heterocycles. The lowest BCUT2D eigenvalue weighted by Crippen LogP contribution is -2.47. The van der Waals surface area contributed by atoms with Crippen molar-refractivity contribution in [1.29, 1.82) is 0 Å². The van der Waals surface area contributed by atoms with Crippen LogP contribution in [0.1, 0.15) is 6.92 Å². The molecule has 0 atom stereocenters. The summed E-state index contributed by atoms with van der Waals surface area (Å²) in [6.45, 7) is 7.63. The number of nitrogens with one attached hydrogen (secondary N) is 1. The molecule has 1 aromatic carbocycles. The first kappa shape index (κ1) is 19.5. The van der Waals surface area contributed by atoms with E-state index in [4.69, 9.17) is 16.3 Å². The van der Waals surface area contributed by atoms with Gasteiger partial charge in [-0.15, -0.1) is 0 Å². The molecule has 1 N–H and O–H groups in total. The van der Waals surface area contributed by atoms with Gasteiger partial charge in [0.05, 0.1) is 31.2 Å². The van der Waals surface area contributed by atoms with Crippen LogP contribution in [0.25, 0.3) is 0 Å². The highest BCUT2D eigenvalue weighted by molar-refractivity contribution is 6.32. The maximum Gasteiger partial charge on any atom is 0.287 e. The number of halogens is 1. The number of hydrogen-bond donors (Lipinski definition) is 1. The molecular weight excluding hydrogens is 366 g/mol. The molecule has 1 aromatic heterocycles. The smallest absolute Gasteiger partial charge is 0.287 e. The Balaban J connectivity index is 1.56. The van der Waals surface area contributed by atoms with Gasteiger partial charge in [-0.25, -0.2) is 4.68 Å². The largest absolute Gasteiger partial charge is 0.495 e. The molecule has 0 radical (unpaired) electrons. The summed E-state index contributed by atoms with van der Waals surface area (Å²) in [5.41, 5.74) is 1.47.